The van der Waals surface area contributed by atoms with Gasteiger partial charge in [-0.3, -0.25) is 0 Å². The van der Waals surface area contributed by atoms with Crippen LogP contribution in [0.5, 0.6) is 11.5 Å². The van der Waals surface area contributed by atoms with Gasteiger partial charge in [-0.25, -0.2) is 9.48 Å². The third-order valence-corrected chi connectivity index (χ3v) is 8.90. The Morgan fingerprint density at radius 1 is 1.00 bits per heavy atom. The van der Waals surface area contributed by atoms with E-state index in [0.717, 1.165) is 16.7 Å². The molecule has 0 saturated carbocycles. The predicted octanol–water partition coefficient (Wildman–Crippen LogP) is 7.98. The van der Waals surface area contributed by atoms with Crippen molar-refractivity contribution in [1.29, 1.82) is 0 Å². The van der Waals surface area contributed by atoms with Crippen LogP contribution in [0.3, 0.4) is 0 Å². The highest BCUT2D eigenvalue weighted by Crippen LogP contribution is 2.40. The Kier molecular flexibility index (Phi) is 9.86. The number of halogens is 1. The number of hydrogen-bond donors (Lipinski definition) is 1. The summed E-state index contributed by atoms with van der Waals surface area (Å²) in [6.45, 7) is 10.8. The predicted molar refractivity (Wildman–Crippen MR) is 175 cm³/mol. The number of carbonyl (C=O) groups excluding carboxylic acids is 1. The van der Waals surface area contributed by atoms with Gasteiger partial charge in [0, 0.05) is 16.5 Å². The number of nitrogens with zero attached hydrogens (tertiary/aromatic N) is 3. The van der Waals surface area contributed by atoms with E-state index in [0.29, 0.717) is 64.3 Å². The molecule has 1 N–H and O–H groups in total. The van der Waals surface area contributed by atoms with E-state index >= 15 is 0 Å². The zero-order valence-electron chi connectivity index (χ0n) is 25.9. The molecule has 4 aromatic rings. The maximum absolute atomic E-state index is 13.4. The summed E-state index contributed by atoms with van der Waals surface area (Å²) < 4.78 is 19.4. The Morgan fingerprint density at radius 3 is 2.52 bits per heavy atom. The fraction of sp³-hybridized carbons (Fsp3) is 0.324. The second-order valence-corrected chi connectivity index (χ2v) is 12.2. The lowest BCUT2D eigenvalue weighted by molar-refractivity contribution is -0.139. The normalized spacial score (nSPS) is 14.2. The van der Waals surface area contributed by atoms with E-state index in [9.17, 15) is 4.79 Å². The molecular formula is C34H37ClN4O4S. The Morgan fingerprint density at radius 2 is 1.77 bits per heavy atom. The van der Waals surface area contributed by atoms with Crippen molar-refractivity contribution >= 4 is 35.3 Å². The van der Waals surface area contributed by atoms with Crippen LogP contribution in [-0.2, 0) is 21.9 Å². The molecule has 44 heavy (non-hydrogen) atoms. The van der Waals surface area contributed by atoms with Gasteiger partial charge in [-0.05, 0) is 85.7 Å². The third kappa shape index (κ3) is 6.74. The summed E-state index contributed by atoms with van der Waals surface area (Å²) in [7, 11) is 1.61. The zero-order chi connectivity index (χ0) is 31.4. The van der Waals surface area contributed by atoms with Crippen LogP contribution in [0.4, 0.5) is 5.95 Å². The van der Waals surface area contributed by atoms with Crippen LogP contribution in [0.15, 0.2) is 71.0 Å². The van der Waals surface area contributed by atoms with Crippen molar-refractivity contribution in [2.45, 2.75) is 64.6 Å². The molecule has 0 aliphatic carbocycles. The Bertz CT molecular complexity index is 1720. The summed E-state index contributed by atoms with van der Waals surface area (Å²) >= 11 is 7.85. The number of rotatable bonds is 11. The highest BCUT2D eigenvalue weighted by molar-refractivity contribution is 7.98. The van der Waals surface area contributed by atoms with Crippen LogP contribution >= 0.6 is 23.4 Å². The quantitative estimate of drug-likeness (QED) is 0.132. The number of thioether (sulfide) groups is 1. The summed E-state index contributed by atoms with van der Waals surface area (Å²) in [5.74, 6) is 1.89. The first-order valence-corrected chi connectivity index (χ1v) is 15.9. The van der Waals surface area contributed by atoms with Gasteiger partial charge >= 0.3 is 5.97 Å². The Balaban J connectivity index is 1.47. The van der Waals surface area contributed by atoms with Gasteiger partial charge in [0.2, 0.25) is 11.1 Å². The molecule has 0 bridgehead atoms. The number of ether oxygens (including phenoxy) is 3. The first-order valence-electron chi connectivity index (χ1n) is 14.5. The fourth-order valence-corrected chi connectivity index (χ4v) is 6.21. The average Bonchev–Trinajstić information content (AvgIpc) is 3.42. The maximum atomic E-state index is 13.4. The topological polar surface area (TPSA) is 87.5 Å². The molecule has 0 saturated heterocycles. The second kappa shape index (κ2) is 13.8. The molecule has 3 aromatic carbocycles. The highest BCUT2D eigenvalue weighted by atomic mass is 35.5. The number of allylic oxidation sites excluding steroid dienone is 1. The molecule has 1 atom stereocenters. The number of hydrogen-bond acceptors (Lipinski definition) is 8. The van der Waals surface area contributed by atoms with Gasteiger partial charge in [0.05, 0.1) is 19.3 Å². The third-order valence-electron chi connectivity index (χ3n) is 7.64. The summed E-state index contributed by atoms with van der Waals surface area (Å²) in [6.07, 6.45) is 0.716. The van der Waals surface area contributed by atoms with Crippen LogP contribution in [0.1, 0.15) is 59.7 Å². The molecule has 8 nitrogen and oxygen atoms in total. The van der Waals surface area contributed by atoms with Crippen LogP contribution in [0.25, 0.3) is 0 Å². The fourth-order valence-electron chi connectivity index (χ4n) is 5.10. The van der Waals surface area contributed by atoms with Crippen LogP contribution < -0.4 is 14.8 Å². The molecule has 1 aliphatic rings. The van der Waals surface area contributed by atoms with Gasteiger partial charge in [0.1, 0.15) is 12.6 Å². The number of methoxy groups -OCH3 is 1. The maximum Gasteiger partial charge on any atom is 0.338 e. The minimum Gasteiger partial charge on any atom is -0.493 e. The molecule has 10 heteroatoms. The monoisotopic (exact) mass is 632 g/mol. The lowest BCUT2D eigenvalue weighted by Crippen LogP contribution is -2.29. The van der Waals surface area contributed by atoms with E-state index in [-0.39, 0.29) is 0 Å². The van der Waals surface area contributed by atoms with E-state index in [1.165, 1.54) is 28.5 Å². The molecule has 1 aliphatic heterocycles. The zero-order valence-corrected chi connectivity index (χ0v) is 27.4. The van der Waals surface area contributed by atoms with E-state index in [1.54, 1.807) is 11.8 Å². The highest BCUT2D eigenvalue weighted by Gasteiger charge is 2.36. The average molecular weight is 633 g/mol. The van der Waals surface area contributed by atoms with E-state index in [2.05, 4.69) is 38.2 Å². The number of anilines is 1. The van der Waals surface area contributed by atoms with Gasteiger partial charge in [0.15, 0.2) is 11.5 Å². The molecule has 0 radical (unpaired) electrons. The summed E-state index contributed by atoms with van der Waals surface area (Å²) in [5, 5.41) is 9.34. The molecular weight excluding hydrogens is 596 g/mol. The molecule has 5 rings (SSSR count). The van der Waals surface area contributed by atoms with Crippen molar-refractivity contribution in [3.8, 4) is 11.5 Å². The van der Waals surface area contributed by atoms with Gasteiger partial charge in [-0.15, -0.1) is 5.10 Å². The number of aryl methyl sites for hydroxylation is 3. The minimum atomic E-state index is -0.595. The molecule has 230 valence electrons. The lowest BCUT2D eigenvalue weighted by atomic mass is 9.95. The summed E-state index contributed by atoms with van der Waals surface area (Å²) in [4.78, 5) is 18.2. The smallest absolute Gasteiger partial charge is 0.338 e. The van der Waals surface area contributed by atoms with Crippen molar-refractivity contribution < 1.29 is 19.0 Å². The molecule has 0 fully saturated rings. The van der Waals surface area contributed by atoms with Crippen molar-refractivity contribution in [2.75, 3.05) is 19.0 Å². The molecule has 1 aromatic heterocycles. The minimum absolute atomic E-state index is 0.319. The largest absolute Gasteiger partial charge is 0.493 e. The molecule has 2 heterocycles. The SMILES string of the molecule is CCCOC(=O)C1=C(C)Nc2nc(SCc3ccccc3Cl)nn2C1c1ccc(OCc2cc(C)c(C)cc2C)c(OC)c1. The van der Waals surface area contributed by atoms with Crippen molar-refractivity contribution in [3.05, 3.63) is 104 Å². The van der Waals surface area contributed by atoms with E-state index in [4.69, 9.17) is 35.9 Å². The van der Waals surface area contributed by atoms with Gasteiger partial charge < -0.3 is 19.5 Å². The van der Waals surface area contributed by atoms with Crippen molar-refractivity contribution in [3.63, 3.8) is 0 Å². The van der Waals surface area contributed by atoms with Crippen LogP contribution in [0, 0.1) is 20.8 Å². The molecule has 1 unspecified atom stereocenters. The van der Waals surface area contributed by atoms with Crippen LogP contribution in [0.2, 0.25) is 5.02 Å². The molecule has 0 amide bonds. The standard InChI is InChI=1S/C34H37ClN4O4S/c1-7-14-42-32(40)30-23(5)36-33-37-34(44-19-25-10-8-9-11-27(25)35)38-39(33)31(30)24-12-13-28(29(17-24)41-6)43-18-26-16-21(3)20(2)15-22(26)4/h8-13,15-17,31H,7,14,18-19H2,1-6H3,(H,36,37,38). The number of benzene rings is 3. The van der Waals surface area contributed by atoms with Crippen LogP contribution in [-0.4, -0.2) is 34.5 Å². The number of aromatic nitrogens is 3. The van der Waals surface area contributed by atoms with E-state index < -0.39 is 12.0 Å². The molecule has 0 spiro atoms. The van der Waals surface area contributed by atoms with Gasteiger partial charge in [-0.1, -0.05) is 66.7 Å². The van der Waals surface area contributed by atoms with E-state index in [1.807, 2.05) is 56.3 Å². The lowest BCUT2D eigenvalue weighted by Gasteiger charge is -2.28. The van der Waals surface area contributed by atoms with Crippen molar-refractivity contribution in [1.82, 2.24) is 14.8 Å². The van der Waals surface area contributed by atoms with Gasteiger partial charge in [-0.2, -0.15) is 4.98 Å². The number of nitrogens with one attached hydrogen (secondary N) is 1. The number of esters is 1. The Labute approximate surface area is 267 Å². The number of fused-ring (bicyclic) bond motifs is 1. The first-order chi connectivity index (χ1) is 21.2. The number of carbonyl (C=O) groups is 1. The second-order valence-electron chi connectivity index (χ2n) is 10.8. The first kappa shape index (κ1) is 31.5. The summed E-state index contributed by atoms with van der Waals surface area (Å²) in [5.41, 5.74) is 7.66. The van der Waals surface area contributed by atoms with Gasteiger partial charge in [0.25, 0.3) is 0 Å². The summed E-state index contributed by atoms with van der Waals surface area (Å²) in [6, 6.07) is 17.2. The Hall–Kier alpha value is -3.95. The van der Waals surface area contributed by atoms with Crippen molar-refractivity contribution in [2.24, 2.45) is 0 Å².